The molecule has 9 heavy (non-hydrogen) atoms. The molecule has 1 heterocycles. The fourth-order valence-electron chi connectivity index (χ4n) is 2.16. The third kappa shape index (κ3) is 0.143. The summed E-state index contributed by atoms with van der Waals surface area (Å²) in [5, 5.41) is 0. The van der Waals surface area contributed by atoms with Gasteiger partial charge < -0.3 is 0 Å². The molecule has 1 aliphatic heterocycles. The van der Waals surface area contributed by atoms with Crippen molar-refractivity contribution in [3.63, 3.8) is 0 Å². The van der Waals surface area contributed by atoms with Crippen LogP contribution in [-0.2, 0) is 0 Å². The van der Waals surface area contributed by atoms with Crippen LogP contribution in [0, 0.1) is 5.92 Å². The summed E-state index contributed by atoms with van der Waals surface area (Å²) >= 11 is 0. The molecule has 1 atom stereocenters. The second-order valence-corrected chi connectivity index (χ2v) is 2.92. The van der Waals surface area contributed by atoms with Gasteiger partial charge in [0.1, 0.15) is 0 Å². The summed E-state index contributed by atoms with van der Waals surface area (Å²) in [6.45, 7) is 0. The highest BCUT2D eigenvalue weighted by molar-refractivity contribution is 6.30. The van der Waals surface area contributed by atoms with Gasteiger partial charge in [0.25, 0.3) is 0 Å². The van der Waals surface area contributed by atoms with E-state index in [0.717, 1.165) is 5.92 Å². The van der Waals surface area contributed by atoms with Crippen LogP contribution in [0.25, 0.3) is 0 Å². The summed E-state index contributed by atoms with van der Waals surface area (Å²) in [4.78, 5) is 4.28. The van der Waals surface area contributed by atoms with Crippen LogP contribution in [-0.4, -0.2) is 5.71 Å². The largest absolute Gasteiger partial charge is 0.256 e. The molecule has 0 spiro atoms. The van der Waals surface area contributed by atoms with Gasteiger partial charge in [0.2, 0.25) is 0 Å². The van der Waals surface area contributed by atoms with E-state index < -0.39 is 0 Å². The Bertz CT molecular complexity index is 371. The zero-order valence-corrected chi connectivity index (χ0v) is 4.68. The highest BCUT2D eigenvalue weighted by Crippen LogP contribution is 2.64. The highest BCUT2D eigenvalue weighted by Gasteiger charge is 2.57. The Kier molecular flexibility index (Phi) is 0.212. The van der Waals surface area contributed by atoms with Gasteiger partial charge >= 0.3 is 0 Å². The van der Waals surface area contributed by atoms with E-state index in [1.807, 2.05) is 6.20 Å². The Hall–Kier alpha value is -1.11. The zero-order chi connectivity index (χ0) is 5.59. The Morgan fingerprint density at radius 3 is 2.89 bits per heavy atom. The van der Waals surface area contributed by atoms with Crippen molar-refractivity contribution < 1.29 is 0 Å². The Balaban J connectivity index is 2.42. The Labute approximate surface area is 52.1 Å². The summed E-state index contributed by atoms with van der Waals surface area (Å²) in [6, 6.07) is 0. The van der Waals surface area contributed by atoms with Crippen LogP contribution in [0.15, 0.2) is 39.6 Å². The molecule has 0 aromatic carbocycles. The second kappa shape index (κ2) is 0.604. The molecule has 4 aliphatic carbocycles. The normalized spacial score (nSPS) is 37.3. The average Bonchev–Trinajstić information content (AvgIpc) is 2.35. The first kappa shape index (κ1) is 3.16. The number of rotatable bonds is 0. The Morgan fingerprint density at radius 1 is 1.44 bits per heavy atom. The maximum Gasteiger partial charge on any atom is 0.0750 e. The minimum atomic E-state index is 0.757. The van der Waals surface area contributed by atoms with Gasteiger partial charge in [0, 0.05) is 17.7 Å². The maximum absolute atomic E-state index is 4.28. The Morgan fingerprint density at radius 2 is 2.44 bits per heavy atom. The van der Waals surface area contributed by atoms with Crippen LogP contribution >= 0.6 is 0 Å². The average molecular weight is 113 g/mol. The molecule has 1 saturated carbocycles. The SMILES string of the molecule is C1=C2C3=CN=C2C2=C1C32. The molecule has 0 radical (unpaired) electrons. The summed E-state index contributed by atoms with van der Waals surface area (Å²) in [5.74, 6) is 0.757. The number of allylic oxidation sites excluding steroid dienone is 5. The van der Waals surface area contributed by atoms with Crippen LogP contribution in [0.3, 0.4) is 0 Å². The first-order valence-corrected chi connectivity index (χ1v) is 3.21. The zero-order valence-electron chi connectivity index (χ0n) is 4.68. The lowest BCUT2D eigenvalue weighted by Crippen LogP contribution is -1.86. The molecule has 0 amide bonds. The highest BCUT2D eigenvalue weighted by atomic mass is 14.8. The molecular weight excluding hydrogens is 110 g/mol. The van der Waals surface area contributed by atoms with Crippen LogP contribution in [0.5, 0.6) is 0 Å². The van der Waals surface area contributed by atoms with E-state index in [2.05, 4.69) is 11.1 Å². The van der Waals surface area contributed by atoms with Gasteiger partial charge in [-0.3, -0.25) is 4.99 Å². The van der Waals surface area contributed by atoms with E-state index in [0.29, 0.717) is 0 Å². The quantitative estimate of drug-likeness (QED) is 0.447. The summed E-state index contributed by atoms with van der Waals surface area (Å²) in [7, 11) is 0. The number of hydrogen-bond acceptors (Lipinski definition) is 1. The van der Waals surface area contributed by atoms with Crippen molar-refractivity contribution in [3.05, 3.63) is 34.6 Å². The predicted molar refractivity (Wildman–Crippen MR) is 34.1 cm³/mol. The summed E-state index contributed by atoms with van der Waals surface area (Å²) in [6.07, 6.45) is 4.31. The third-order valence-electron chi connectivity index (χ3n) is 2.59. The van der Waals surface area contributed by atoms with Crippen molar-refractivity contribution in [2.24, 2.45) is 10.9 Å². The maximum atomic E-state index is 4.28. The van der Waals surface area contributed by atoms with Gasteiger partial charge in [0.05, 0.1) is 5.71 Å². The molecule has 1 unspecified atom stereocenters. The van der Waals surface area contributed by atoms with Gasteiger partial charge in [-0.25, -0.2) is 0 Å². The molecule has 0 aromatic heterocycles. The number of aliphatic imine (C=N–C) groups is 1. The van der Waals surface area contributed by atoms with E-state index in [1.165, 1.54) is 16.9 Å². The van der Waals surface area contributed by atoms with Gasteiger partial charge in [-0.15, -0.1) is 0 Å². The lowest BCUT2D eigenvalue weighted by atomic mass is 10.2. The van der Waals surface area contributed by atoms with Crippen LogP contribution in [0.4, 0.5) is 0 Å². The van der Waals surface area contributed by atoms with E-state index in [9.17, 15) is 0 Å². The first-order valence-electron chi connectivity index (χ1n) is 3.21. The van der Waals surface area contributed by atoms with Crippen molar-refractivity contribution >= 4 is 5.71 Å². The van der Waals surface area contributed by atoms with Gasteiger partial charge in [0.15, 0.2) is 0 Å². The molecule has 0 aromatic rings. The fraction of sp³-hybridized carbons (Fsp3) is 0.125. The number of nitrogens with zero attached hydrogens (tertiary/aromatic N) is 1. The van der Waals surface area contributed by atoms with Gasteiger partial charge in [-0.2, -0.15) is 0 Å². The lowest BCUT2D eigenvalue weighted by molar-refractivity contribution is 1.14. The van der Waals surface area contributed by atoms with Crippen molar-refractivity contribution in [1.82, 2.24) is 0 Å². The standard InChI is InChI=1S/C8H3N/c1-3-5-2-9-8(3)7-4(1)6(5)7/h1-2,6H. The van der Waals surface area contributed by atoms with E-state index in [1.54, 1.807) is 11.1 Å². The monoisotopic (exact) mass is 113 g/mol. The molecule has 40 valence electrons. The topological polar surface area (TPSA) is 12.4 Å². The van der Waals surface area contributed by atoms with Gasteiger partial charge in [-0.05, 0) is 22.8 Å². The summed E-state index contributed by atoms with van der Waals surface area (Å²) in [5.41, 5.74) is 7.32. The minimum absolute atomic E-state index is 0.757. The molecule has 5 rings (SSSR count). The molecule has 1 nitrogen and oxygen atoms in total. The van der Waals surface area contributed by atoms with Crippen molar-refractivity contribution in [3.8, 4) is 0 Å². The van der Waals surface area contributed by atoms with E-state index in [4.69, 9.17) is 0 Å². The lowest BCUT2D eigenvalue weighted by Gasteiger charge is -1.86. The molecule has 0 saturated heterocycles. The van der Waals surface area contributed by atoms with Crippen LogP contribution < -0.4 is 0 Å². The molecular formula is C8H3N. The van der Waals surface area contributed by atoms with Crippen molar-refractivity contribution in [1.29, 1.82) is 0 Å². The molecule has 0 N–H and O–H groups in total. The second-order valence-electron chi connectivity index (χ2n) is 2.92. The van der Waals surface area contributed by atoms with Gasteiger partial charge in [-0.1, -0.05) is 0 Å². The van der Waals surface area contributed by atoms with Crippen molar-refractivity contribution in [2.45, 2.75) is 0 Å². The third-order valence-corrected chi connectivity index (χ3v) is 2.59. The minimum Gasteiger partial charge on any atom is -0.256 e. The smallest absolute Gasteiger partial charge is 0.0750 e. The first-order chi connectivity index (χ1) is 4.47. The van der Waals surface area contributed by atoms with Crippen LogP contribution in [0.1, 0.15) is 0 Å². The molecule has 1 fully saturated rings. The number of hydrogen-bond donors (Lipinski definition) is 0. The van der Waals surface area contributed by atoms with Crippen molar-refractivity contribution in [2.75, 3.05) is 0 Å². The fourth-order valence-corrected chi connectivity index (χ4v) is 2.16. The predicted octanol–water partition coefficient (Wildman–Crippen LogP) is 1.20. The van der Waals surface area contributed by atoms with E-state index >= 15 is 0 Å². The molecule has 1 heteroatoms. The molecule has 6 bridgehead atoms. The van der Waals surface area contributed by atoms with E-state index in [-0.39, 0.29) is 0 Å². The van der Waals surface area contributed by atoms with Crippen LogP contribution in [0.2, 0.25) is 0 Å². The summed E-state index contributed by atoms with van der Waals surface area (Å²) < 4.78 is 0. The molecule has 5 aliphatic rings.